The average molecular weight is 393 g/mol. The maximum absolute atomic E-state index is 12.9. The molecule has 0 aliphatic heterocycles. The topological polar surface area (TPSA) is 47.8 Å². The van der Waals surface area contributed by atoms with E-state index in [9.17, 15) is 9.59 Å². The first-order valence-corrected chi connectivity index (χ1v) is 9.90. The van der Waals surface area contributed by atoms with Gasteiger partial charge in [-0.3, -0.25) is 4.79 Å². The number of para-hydroxylation sites is 1. The first kappa shape index (κ1) is 18.1. The van der Waals surface area contributed by atoms with Crippen molar-refractivity contribution in [1.29, 1.82) is 0 Å². The number of hydrogen-bond acceptors (Lipinski definition) is 3. The van der Waals surface area contributed by atoms with Crippen LogP contribution in [0, 0.1) is 0 Å². The zero-order valence-corrected chi connectivity index (χ0v) is 16.5. The minimum absolute atomic E-state index is 0.311. The molecule has 0 spiro atoms. The molecule has 0 aliphatic carbocycles. The van der Waals surface area contributed by atoms with Gasteiger partial charge >= 0.3 is 5.97 Å². The molecule has 0 N–H and O–H groups in total. The molecular formula is C26H19NO3. The van der Waals surface area contributed by atoms with E-state index in [4.69, 9.17) is 4.74 Å². The summed E-state index contributed by atoms with van der Waals surface area (Å²) in [6.45, 7) is 2.14. The Bertz CT molecular complexity index is 1470. The van der Waals surface area contributed by atoms with Crippen molar-refractivity contribution >= 4 is 45.5 Å². The molecule has 0 atom stereocenters. The highest BCUT2D eigenvalue weighted by Crippen LogP contribution is 2.32. The predicted molar refractivity (Wildman–Crippen MR) is 119 cm³/mol. The zero-order chi connectivity index (χ0) is 20.7. The van der Waals surface area contributed by atoms with Gasteiger partial charge in [0.2, 0.25) is 0 Å². The molecule has 4 nitrogen and oxygen atoms in total. The molecule has 0 aliphatic rings. The fourth-order valence-corrected chi connectivity index (χ4v) is 4.16. The van der Waals surface area contributed by atoms with Crippen LogP contribution in [0.3, 0.4) is 0 Å². The van der Waals surface area contributed by atoms with Crippen molar-refractivity contribution in [2.24, 2.45) is 0 Å². The van der Waals surface area contributed by atoms with Gasteiger partial charge in [-0.2, -0.15) is 0 Å². The van der Waals surface area contributed by atoms with Crippen molar-refractivity contribution in [3.63, 3.8) is 0 Å². The molecule has 0 fully saturated rings. The lowest BCUT2D eigenvalue weighted by Gasteiger charge is -2.01. The molecule has 0 saturated carbocycles. The maximum atomic E-state index is 12.9. The summed E-state index contributed by atoms with van der Waals surface area (Å²) < 4.78 is 7.55. The largest absolute Gasteiger partial charge is 0.462 e. The van der Waals surface area contributed by atoms with E-state index in [2.05, 4.69) is 16.5 Å². The molecule has 2 aromatic heterocycles. The second kappa shape index (κ2) is 7.16. The van der Waals surface area contributed by atoms with Crippen LogP contribution in [0.2, 0.25) is 0 Å². The Balaban J connectivity index is 1.95. The average Bonchev–Trinajstić information content (AvgIpc) is 3.28. The molecule has 5 aromatic rings. The Morgan fingerprint density at radius 2 is 1.50 bits per heavy atom. The van der Waals surface area contributed by atoms with Crippen LogP contribution >= 0.6 is 0 Å². The van der Waals surface area contributed by atoms with Gasteiger partial charge in [-0.15, -0.1) is 0 Å². The summed E-state index contributed by atoms with van der Waals surface area (Å²) in [7, 11) is 0. The molecule has 0 unspecified atom stereocenters. The van der Waals surface area contributed by atoms with E-state index in [1.165, 1.54) is 0 Å². The second-order valence-corrected chi connectivity index (χ2v) is 7.16. The van der Waals surface area contributed by atoms with Gasteiger partial charge < -0.3 is 9.14 Å². The van der Waals surface area contributed by atoms with Gasteiger partial charge in [-0.05, 0) is 24.6 Å². The van der Waals surface area contributed by atoms with Crippen LogP contribution in [0.15, 0.2) is 72.8 Å². The maximum Gasteiger partial charge on any atom is 0.340 e. The molecule has 0 radical (unpaired) electrons. The standard InChI is InChI=1S/C26H19NO3/c1-2-30-26(29)24-21-9-5-6-10-22(21)27-23(15-17-11-13-18(16-28)14-12-17)19-7-3-4-8-20(19)25(24)27/h3-16H,2H2,1H3/b23-15-. The number of fused-ring (bicyclic) bond motifs is 5. The number of aromatic nitrogens is 1. The first-order valence-electron chi connectivity index (χ1n) is 9.90. The highest BCUT2D eigenvalue weighted by atomic mass is 16.5. The molecule has 0 bridgehead atoms. The first-order chi connectivity index (χ1) is 14.7. The number of ether oxygens (including phenoxy) is 1. The third-order valence-electron chi connectivity index (χ3n) is 5.43. The van der Waals surface area contributed by atoms with Gasteiger partial charge in [-0.25, -0.2) is 4.79 Å². The van der Waals surface area contributed by atoms with Gasteiger partial charge in [-0.1, -0.05) is 66.7 Å². The second-order valence-electron chi connectivity index (χ2n) is 7.16. The van der Waals surface area contributed by atoms with Gasteiger partial charge in [0.1, 0.15) is 6.29 Å². The lowest BCUT2D eigenvalue weighted by Crippen LogP contribution is -2.08. The van der Waals surface area contributed by atoms with Crippen LogP contribution in [0.1, 0.15) is 33.2 Å². The van der Waals surface area contributed by atoms with Gasteiger partial charge in [0.25, 0.3) is 0 Å². The molecule has 5 rings (SSSR count). The lowest BCUT2D eigenvalue weighted by atomic mass is 10.1. The number of carbonyl (C=O) groups is 2. The van der Waals surface area contributed by atoms with Gasteiger partial charge in [0.15, 0.2) is 0 Å². The van der Waals surface area contributed by atoms with Crippen molar-refractivity contribution in [2.45, 2.75) is 6.92 Å². The van der Waals surface area contributed by atoms with Crippen molar-refractivity contribution in [1.82, 2.24) is 4.40 Å². The molecule has 0 amide bonds. The predicted octanol–water partition coefficient (Wildman–Crippen LogP) is 4.78. The number of nitrogens with zero attached hydrogens (tertiary/aromatic N) is 1. The van der Waals surface area contributed by atoms with Crippen LogP contribution in [-0.4, -0.2) is 23.3 Å². The van der Waals surface area contributed by atoms with Crippen molar-refractivity contribution < 1.29 is 14.3 Å². The number of aldehydes is 1. The lowest BCUT2D eigenvalue weighted by molar-refractivity contribution is 0.0531. The van der Waals surface area contributed by atoms with Crippen LogP contribution in [-0.2, 0) is 4.74 Å². The van der Waals surface area contributed by atoms with Crippen molar-refractivity contribution in [3.05, 3.63) is 94.8 Å². The monoisotopic (exact) mass is 393 g/mol. The molecule has 146 valence electrons. The highest BCUT2D eigenvalue weighted by molar-refractivity contribution is 6.19. The van der Waals surface area contributed by atoms with Crippen LogP contribution in [0.4, 0.5) is 0 Å². The van der Waals surface area contributed by atoms with Crippen molar-refractivity contribution in [2.75, 3.05) is 6.61 Å². The number of carbonyl (C=O) groups excluding carboxylic acids is 2. The summed E-state index contributed by atoms with van der Waals surface area (Å²) in [5.41, 5.74) is 4.04. The third-order valence-corrected chi connectivity index (χ3v) is 5.43. The summed E-state index contributed by atoms with van der Waals surface area (Å²) in [5.74, 6) is -0.311. The van der Waals surface area contributed by atoms with Crippen LogP contribution < -0.4 is 5.35 Å². The third kappa shape index (κ3) is 2.69. The van der Waals surface area contributed by atoms with Crippen LogP contribution in [0.5, 0.6) is 0 Å². The summed E-state index contributed by atoms with van der Waals surface area (Å²) in [6.07, 6.45) is 2.93. The molecular weight excluding hydrogens is 374 g/mol. The van der Waals surface area contributed by atoms with Crippen molar-refractivity contribution in [3.8, 4) is 0 Å². The van der Waals surface area contributed by atoms with Gasteiger partial charge in [0.05, 0.1) is 28.6 Å². The van der Waals surface area contributed by atoms with E-state index in [1.807, 2.05) is 61.5 Å². The number of esters is 1. The Hall–Kier alpha value is -3.92. The SMILES string of the molecule is CCOC(=O)c1c2ccccc2n2/c(=C\c3ccc(C=O)cc3)c3ccccc3c12. The molecule has 2 heterocycles. The molecule has 0 saturated heterocycles. The Kier molecular flexibility index (Phi) is 4.32. The zero-order valence-electron chi connectivity index (χ0n) is 16.5. The fraction of sp³-hybridized carbons (Fsp3) is 0.0769. The smallest absolute Gasteiger partial charge is 0.340 e. The molecule has 3 aromatic carbocycles. The van der Waals surface area contributed by atoms with E-state index in [0.29, 0.717) is 17.7 Å². The molecule has 4 heteroatoms. The van der Waals surface area contributed by atoms with Gasteiger partial charge in [0, 0.05) is 21.7 Å². The fourth-order valence-electron chi connectivity index (χ4n) is 4.16. The minimum atomic E-state index is -0.311. The Morgan fingerprint density at radius 3 is 2.20 bits per heavy atom. The van der Waals surface area contributed by atoms with E-state index < -0.39 is 0 Å². The minimum Gasteiger partial charge on any atom is -0.462 e. The quantitative estimate of drug-likeness (QED) is 0.326. The van der Waals surface area contributed by atoms with Crippen LogP contribution in [0.25, 0.3) is 33.3 Å². The summed E-state index contributed by atoms with van der Waals surface area (Å²) in [4.78, 5) is 23.9. The van der Waals surface area contributed by atoms with E-state index in [-0.39, 0.29) is 5.97 Å². The normalized spacial score (nSPS) is 12.1. The Labute approximate surface area is 173 Å². The van der Waals surface area contributed by atoms with E-state index in [1.54, 1.807) is 12.1 Å². The summed E-state index contributed by atoms with van der Waals surface area (Å²) >= 11 is 0. The Morgan fingerprint density at radius 1 is 0.867 bits per heavy atom. The molecule has 30 heavy (non-hydrogen) atoms. The number of hydrogen-bond donors (Lipinski definition) is 0. The van der Waals surface area contributed by atoms with E-state index >= 15 is 0 Å². The summed E-state index contributed by atoms with van der Waals surface area (Å²) in [6, 6.07) is 23.5. The number of rotatable bonds is 4. The summed E-state index contributed by atoms with van der Waals surface area (Å²) in [5, 5.41) is 3.93. The highest BCUT2D eigenvalue weighted by Gasteiger charge is 2.23. The van der Waals surface area contributed by atoms with E-state index in [0.717, 1.165) is 44.4 Å². The number of benzene rings is 3.